The van der Waals surface area contributed by atoms with Crippen molar-refractivity contribution in [2.75, 3.05) is 42.9 Å². The molecule has 0 saturated carbocycles. The van der Waals surface area contributed by atoms with E-state index < -0.39 is 6.10 Å². The van der Waals surface area contributed by atoms with Crippen LogP contribution in [-0.4, -0.2) is 47.8 Å². The average molecular weight is 313 g/mol. The number of aromatic nitrogens is 2. The van der Waals surface area contributed by atoms with Crippen molar-refractivity contribution < 1.29 is 5.11 Å². The van der Waals surface area contributed by atoms with Crippen molar-refractivity contribution in [1.29, 1.82) is 0 Å². The molecule has 122 valence electrons. The topological polar surface area (TPSA) is 73.3 Å². The molecule has 1 unspecified atom stereocenters. The monoisotopic (exact) mass is 313 g/mol. The number of benzene rings is 1. The molecule has 0 bridgehead atoms. The van der Waals surface area contributed by atoms with Crippen LogP contribution in [0.3, 0.4) is 0 Å². The third-order valence-electron chi connectivity index (χ3n) is 3.98. The van der Waals surface area contributed by atoms with Crippen LogP contribution in [0, 0.1) is 0 Å². The lowest BCUT2D eigenvalue weighted by Crippen LogP contribution is -2.28. The molecule has 1 fully saturated rings. The SMILES string of the molecule is OC(CNc1cc(N2CCCNCC2)ncn1)c1ccccc1. The Balaban J connectivity index is 1.61. The van der Waals surface area contributed by atoms with E-state index in [2.05, 4.69) is 25.5 Å². The molecule has 6 nitrogen and oxygen atoms in total. The van der Waals surface area contributed by atoms with Gasteiger partial charge in [0, 0.05) is 32.2 Å². The first-order valence-corrected chi connectivity index (χ1v) is 8.07. The van der Waals surface area contributed by atoms with Crippen molar-refractivity contribution in [3.05, 3.63) is 48.3 Å². The fourth-order valence-electron chi connectivity index (χ4n) is 2.69. The summed E-state index contributed by atoms with van der Waals surface area (Å²) in [5, 5.41) is 16.8. The van der Waals surface area contributed by atoms with Crippen LogP contribution in [0.15, 0.2) is 42.7 Å². The highest BCUT2D eigenvalue weighted by atomic mass is 16.3. The molecule has 23 heavy (non-hydrogen) atoms. The van der Waals surface area contributed by atoms with Gasteiger partial charge >= 0.3 is 0 Å². The quantitative estimate of drug-likeness (QED) is 0.775. The van der Waals surface area contributed by atoms with Crippen LogP contribution in [0.5, 0.6) is 0 Å². The van der Waals surface area contributed by atoms with E-state index in [4.69, 9.17) is 0 Å². The van der Waals surface area contributed by atoms with E-state index >= 15 is 0 Å². The first-order chi connectivity index (χ1) is 11.3. The fourth-order valence-corrected chi connectivity index (χ4v) is 2.69. The molecule has 1 saturated heterocycles. The van der Waals surface area contributed by atoms with Gasteiger partial charge in [0.1, 0.15) is 18.0 Å². The van der Waals surface area contributed by atoms with Crippen molar-refractivity contribution >= 4 is 11.6 Å². The Labute approximate surface area is 136 Å². The summed E-state index contributed by atoms with van der Waals surface area (Å²) in [7, 11) is 0. The van der Waals surface area contributed by atoms with Gasteiger partial charge in [-0.3, -0.25) is 0 Å². The van der Waals surface area contributed by atoms with Crippen LogP contribution in [0.4, 0.5) is 11.6 Å². The zero-order valence-electron chi connectivity index (χ0n) is 13.2. The lowest BCUT2D eigenvalue weighted by Gasteiger charge is -2.21. The standard InChI is InChI=1S/C17H23N5O/c23-15(14-5-2-1-3-6-14)12-19-16-11-17(21-13-20-16)22-9-4-7-18-8-10-22/h1-3,5-6,11,13,15,18,23H,4,7-10,12H2,(H,19,20,21). The summed E-state index contributed by atoms with van der Waals surface area (Å²) < 4.78 is 0. The summed E-state index contributed by atoms with van der Waals surface area (Å²) in [5.41, 5.74) is 0.896. The number of rotatable bonds is 5. The maximum atomic E-state index is 10.2. The van der Waals surface area contributed by atoms with Crippen molar-refractivity contribution in [3.63, 3.8) is 0 Å². The number of hydrogen-bond donors (Lipinski definition) is 3. The van der Waals surface area contributed by atoms with Crippen LogP contribution in [0.25, 0.3) is 0 Å². The Morgan fingerprint density at radius 1 is 1.17 bits per heavy atom. The van der Waals surface area contributed by atoms with Gasteiger partial charge in [-0.15, -0.1) is 0 Å². The van der Waals surface area contributed by atoms with Gasteiger partial charge in [-0.2, -0.15) is 0 Å². The molecule has 1 aromatic heterocycles. The van der Waals surface area contributed by atoms with Crippen LogP contribution in [0.1, 0.15) is 18.1 Å². The number of anilines is 2. The molecule has 1 aliphatic heterocycles. The average Bonchev–Trinajstić information content (AvgIpc) is 2.90. The van der Waals surface area contributed by atoms with Gasteiger partial charge in [-0.1, -0.05) is 30.3 Å². The molecule has 2 aromatic rings. The first-order valence-electron chi connectivity index (χ1n) is 8.07. The Hall–Kier alpha value is -2.18. The summed E-state index contributed by atoms with van der Waals surface area (Å²) in [6, 6.07) is 11.6. The molecule has 0 spiro atoms. The van der Waals surface area contributed by atoms with E-state index in [9.17, 15) is 5.11 Å². The van der Waals surface area contributed by atoms with Gasteiger partial charge < -0.3 is 20.6 Å². The number of aliphatic hydroxyl groups excluding tert-OH is 1. The summed E-state index contributed by atoms with van der Waals surface area (Å²) in [5.74, 6) is 1.67. The zero-order chi connectivity index (χ0) is 15.9. The van der Waals surface area contributed by atoms with Crippen molar-refractivity contribution in [2.45, 2.75) is 12.5 Å². The summed E-state index contributed by atoms with van der Waals surface area (Å²) in [6.07, 6.45) is 2.13. The van der Waals surface area contributed by atoms with E-state index in [1.807, 2.05) is 36.4 Å². The molecular formula is C17H23N5O. The minimum Gasteiger partial charge on any atom is -0.387 e. The van der Waals surface area contributed by atoms with E-state index in [1.54, 1.807) is 6.33 Å². The van der Waals surface area contributed by atoms with E-state index in [1.165, 1.54) is 0 Å². The number of nitrogens with one attached hydrogen (secondary N) is 2. The maximum Gasteiger partial charge on any atom is 0.134 e. The molecule has 0 aliphatic carbocycles. The van der Waals surface area contributed by atoms with Crippen molar-refractivity contribution in [1.82, 2.24) is 15.3 Å². The molecule has 1 aromatic carbocycles. The maximum absolute atomic E-state index is 10.2. The zero-order valence-corrected chi connectivity index (χ0v) is 13.2. The minimum atomic E-state index is -0.558. The molecule has 3 N–H and O–H groups in total. The van der Waals surface area contributed by atoms with Crippen LogP contribution >= 0.6 is 0 Å². The van der Waals surface area contributed by atoms with Gasteiger partial charge in [0.05, 0.1) is 6.10 Å². The molecule has 0 radical (unpaired) electrons. The Morgan fingerprint density at radius 2 is 2.04 bits per heavy atom. The smallest absolute Gasteiger partial charge is 0.134 e. The Bertz CT molecular complexity index is 599. The lowest BCUT2D eigenvalue weighted by atomic mass is 10.1. The van der Waals surface area contributed by atoms with Crippen molar-refractivity contribution in [3.8, 4) is 0 Å². The third-order valence-corrected chi connectivity index (χ3v) is 3.98. The minimum absolute atomic E-state index is 0.419. The molecular weight excluding hydrogens is 290 g/mol. The number of aliphatic hydroxyl groups is 1. The second-order valence-electron chi connectivity index (χ2n) is 5.66. The predicted molar refractivity (Wildman–Crippen MR) is 91.6 cm³/mol. The first kappa shape index (κ1) is 15.7. The largest absolute Gasteiger partial charge is 0.387 e. The van der Waals surface area contributed by atoms with Crippen molar-refractivity contribution in [2.24, 2.45) is 0 Å². The highest BCUT2D eigenvalue weighted by Crippen LogP contribution is 2.17. The lowest BCUT2D eigenvalue weighted by molar-refractivity contribution is 0.191. The van der Waals surface area contributed by atoms with Crippen LogP contribution in [0.2, 0.25) is 0 Å². The van der Waals surface area contributed by atoms with Gasteiger partial charge in [0.25, 0.3) is 0 Å². The van der Waals surface area contributed by atoms with E-state index in [-0.39, 0.29) is 0 Å². The summed E-state index contributed by atoms with van der Waals surface area (Å²) in [6.45, 7) is 4.39. The van der Waals surface area contributed by atoms with Gasteiger partial charge in [-0.25, -0.2) is 9.97 Å². The number of hydrogen-bond acceptors (Lipinski definition) is 6. The second kappa shape index (κ2) is 7.89. The molecule has 3 rings (SSSR count). The molecule has 2 heterocycles. The van der Waals surface area contributed by atoms with Gasteiger partial charge in [0.15, 0.2) is 0 Å². The Kier molecular flexibility index (Phi) is 5.39. The molecule has 1 atom stereocenters. The van der Waals surface area contributed by atoms with Crippen LogP contribution < -0.4 is 15.5 Å². The fraction of sp³-hybridized carbons (Fsp3) is 0.412. The second-order valence-corrected chi connectivity index (χ2v) is 5.66. The highest BCUT2D eigenvalue weighted by molar-refractivity contribution is 5.48. The van der Waals surface area contributed by atoms with E-state index in [0.717, 1.165) is 49.8 Å². The predicted octanol–water partition coefficient (Wildman–Crippen LogP) is 1.42. The normalized spacial score (nSPS) is 16.7. The molecule has 6 heteroatoms. The van der Waals surface area contributed by atoms with Gasteiger partial charge in [0.2, 0.25) is 0 Å². The Morgan fingerprint density at radius 3 is 2.91 bits per heavy atom. The van der Waals surface area contributed by atoms with Gasteiger partial charge in [-0.05, 0) is 18.5 Å². The molecule has 0 amide bonds. The molecule has 1 aliphatic rings. The highest BCUT2D eigenvalue weighted by Gasteiger charge is 2.12. The van der Waals surface area contributed by atoms with Crippen LogP contribution in [-0.2, 0) is 0 Å². The summed E-state index contributed by atoms with van der Waals surface area (Å²) >= 11 is 0. The summed E-state index contributed by atoms with van der Waals surface area (Å²) in [4.78, 5) is 10.9. The number of nitrogens with zero attached hydrogens (tertiary/aromatic N) is 3. The van der Waals surface area contributed by atoms with E-state index in [0.29, 0.717) is 6.54 Å². The third kappa shape index (κ3) is 4.40.